The summed E-state index contributed by atoms with van der Waals surface area (Å²) in [6.45, 7) is 3.06. The number of ketones is 1. The zero-order chi connectivity index (χ0) is 25.2. The van der Waals surface area contributed by atoms with Crippen molar-refractivity contribution in [1.29, 1.82) is 0 Å². The predicted molar refractivity (Wildman–Crippen MR) is 151 cm³/mol. The molecule has 36 heavy (non-hydrogen) atoms. The van der Waals surface area contributed by atoms with Crippen molar-refractivity contribution in [3.8, 4) is 22.5 Å². The van der Waals surface area contributed by atoms with E-state index in [4.69, 9.17) is 0 Å². The summed E-state index contributed by atoms with van der Waals surface area (Å²) >= 11 is 0. The van der Waals surface area contributed by atoms with Gasteiger partial charge in [-0.25, -0.2) is 0 Å². The van der Waals surface area contributed by atoms with Crippen molar-refractivity contribution in [2.45, 2.75) is 13.8 Å². The minimum absolute atomic E-state index is 0.167. The molecule has 0 radical (unpaired) electrons. The number of hydrogen-bond donors (Lipinski definition) is 0. The Hall–Kier alpha value is -4.63. The first kappa shape index (κ1) is 24.5. The van der Waals surface area contributed by atoms with Crippen molar-refractivity contribution in [3.63, 3.8) is 0 Å². The molecule has 4 aromatic carbocycles. The predicted octanol–water partition coefficient (Wildman–Crippen LogP) is 8.40. The molecule has 176 valence electrons. The highest BCUT2D eigenvalue weighted by molar-refractivity contribution is 5.95. The second kappa shape index (κ2) is 12.2. The van der Waals surface area contributed by atoms with E-state index in [0.717, 1.165) is 11.4 Å². The molecule has 0 aliphatic rings. The van der Waals surface area contributed by atoms with E-state index in [2.05, 4.69) is 82.8 Å². The van der Waals surface area contributed by atoms with Gasteiger partial charge in [0.25, 0.3) is 0 Å². The number of carbonyl (C=O) groups is 1. The van der Waals surface area contributed by atoms with Crippen molar-refractivity contribution in [3.05, 3.63) is 134 Å². The molecule has 2 heterocycles. The topological polar surface area (TPSA) is 42.9 Å². The van der Waals surface area contributed by atoms with Gasteiger partial charge in [0, 0.05) is 34.3 Å². The van der Waals surface area contributed by atoms with Crippen LogP contribution in [-0.2, 0) is 4.79 Å². The fraction of sp³-hybridized carbons (Fsp3) is 0.0606. The fourth-order valence-corrected chi connectivity index (χ4v) is 3.89. The molecule has 0 unspecified atom stereocenters. The molecule has 6 aromatic rings. The lowest BCUT2D eigenvalue weighted by Crippen LogP contribution is -1.84. The maximum Gasteiger partial charge on any atom is 0.126 e. The monoisotopic (exact) mass is 468 g/mol. The summed E-state index contributed by atoms with van der Waals surface area (Å²) in [5, 5.41) is 4.88. The third-order valence-corrected chi connectivity index (χ3v) is 5.44. The van der Waals surface area contributed by atoms with Gasteiger partial charge in [0.2, 0.25) is 0 Å². The molecule has 0 bridgehead atoms. The quantitative estimate of drug-likeness (QED) is 0.256. The van der Waals surface area contributed by atoms with Crippen LogP contribution < -0.4 is 0 Å². The van der Waals surface area contributed by atoms with Crippen molar-refractivity contribution < 1.29 is 4.79 Å². The van der Waals surface area contributed by atoms with Gasteiger partial charge < -0.3 is 4.79 Å². The number of nitrogens with zero attached hydrogens (tertiary/aromatic N) is 2. The number of fused-ring (bicyclic) bond motifs is 2. The number of carbonyl (C=O) groups excluding carboxylic acids is 1. The molecular weight excluding hydrogens is 440 g/mol. The smallest absolute Gasteiger partial charge is 0.126 e. The van der Waals surface area contributed by atoms with Gasteiger partial charge in [0.1, 0.15) is 5.78 Å². The summed E-state index contributed by atoms with van der Waals surface area (Å²) in [4.78, 5) is 18.4. The average Bonchev–Trinajstić information content (AvgIpc) is 2.93. The maximum absolute atomic E-state index is 9.44. The lowest BCUT2D eigenvalue weighted by molar-refractivity contribution is -0.114. The summed E-state index contributed by atoms with van der Waals surface area (Å²) in [7, 11) is 0. The largest absolute Gasteiger partial charge is 0.300 e. The normalized spacial score (nSPS) is 10.1. The van der Waals surface area contributed by atoms with Crippen LogP contribution in [0.25, 0.3) is 44.1 Å². The van der Waals surface area contributed by atoms with E-state index in [1.165, 1.54) is 46.5 Å². The summed E-state index contributed by atoms with van der Waals surface area (Å²) in [6.07, 6.45) is 3.73. The summed E-state index contributed by atoms with van der Waals surface area (Å²) in [5.41, 5.74) is 4.44. The van der Waals surface area contributed by atoms with E-state index in [9.17, 15) is 4.79 Å². The van der Waals surface area contributed by atoms with Crippen LogP contribution >= 0.6 is 0 Å². The first-order valence-corrected chi connectivity index (χ1v) is 11.9. The number of Topliss-reactive ketones (excluding diaryl/α,β-unsaturated/α-hetero) is 1. The van der Waals surface area contributed by atoms with E-state index >= 15 is 0 Å². The standard InChI is InChI=1S/2C15H11N.C3H6O/c2*1-2-7-13(8-3-1)15-14-9-5-4-6-12(14)10-11-16-15;1-3(2)4/h2*1-11H;1-2H3. The Morgan fingerprint density at radius 3 is 1.19 bits per heavy atom. The van der Waals surface area contributed by atoms with Crippen LogP contribution in [0.2, 0.25) is 0 Å². The third-order valence-electron chi connectivity index (χ3n) is 5.44. The summed E-state index contributed by atoms with van der Waals surface area (Å²) in [5.74, 6) is 0.167. The van der Waals surface area contributed by atoms with Crippen LogP contribution in [0.1, 0.15) is 13.8 Å². The van der Waals surface area contributed by atoms with E-state index in [0.29, 0.717) is 0 Å². The van der Waals surface area contributed by atoms with Gasteiger partial charge in [-0.05, 0) is 36.8 Å². The average molecular weight is 469 g/mol. The SMILES string of the molecule is CC(C)=O.c1ccc(-c2nccc3ccccc23)cc1.c1ccc(-c2nccc3ccccc23)cc1. The molecule has 0 saturated heterocycles. The van der Waals surface area contributed by atoms with Gasteiger partial charge in [0.15, 0.2) is 0 Å². The first-order chi connectivity index (χ1) is 17.6. The molecule has 0 N–H and O–H groups in total. The highest BCUT2D eigenvalue weighted by atomic mass is 16.1. The summed E-state index contributed by atoms with van der Waals surface area (Å²) < 4.78 is 0. The van der Waals surface area contributed by atoms with Crippen LogP contribution in [-0.4, -0.2) is 15.8 Å². The second-order valence-electron chi connectivity index (χ2n) is 8.40. The second-order valence-corrected chi connectivity index (χ2v) is 8.40. The van der Waals surface area contributed by atoms with Crippen molar-refractivity contribution >= 4 is 27.3 Å². The van der Waals surface area contributed by atoms with Crippen molar-refractivity contribution in [1.82, 2.24) is 9.97 Å². The highest BCUT2D eigenvalue weighted by Gasteiger charge is 2.04. The summed E-state index contributed by atoms with van der Waals surface area (Å²) in [6, 6.07) is 41.3. The molecular formula is C33H28N2O. The number of rotatable bonds is 2. The molecule has 0 spiro atoms. The minimum Gasteiger partial charge on any atom is -0.300 e. The third kappa shape index (κ3) is 6.28. The fourth-order valence-electron chi connectivity index (χ4n) is 3.89. The van der Waals surface area contributed by atoms with Crippen LogP contribution in [0.3, 0.4) is 0 Å². The minimum atomic E-state index is 0.167. The molecule has 0 atom stereocenters. The number of benzene rings is 4. The number of aromatic nitrogens is 2. The molecule has 0 saturated carbocycles. The Labute approximate surface area is 212 Å². The molecule has 2 aromatic heterocycles. The van der Waals surface area contributed by atoms with E-state index < -0.39 is 0 Å². The molecule has 0 aliphatic carbocycles. The Morgan fingerprint density at radius 1 is 0.472 bits per heavy atom. The van der Waals surface area contributed by atoms with Crippen LogP contribution in [0, 0.1) is 0 Å². The van der Waals surface area contributed by atoms with Gasteiger partial charge >= 0.3 is 0 Å². The zero-order valence-corrected chi connectivity index (χ0v) is 20.5. The molecule has 6 rings (SSSR count). The zero-order valence-electron chi connectivity index (χ0n) is 20.5. The van der Waals surface area contributed by atoms with Crippen LogP contribution in [0.15, 0.2) is 134 Å². The van der Waals surface area contributed by atoms with Crippen LogP contribution in [0.5, 0.6) is 0 Å². The molecule has 0 amide bonds. The Kier molecular flexibility index (Phi) is 8.29. The lowest BCUT2D eigenvalue weighted by atomic mass is 10.0. The number of pyridine rings is 2. The Bertz CT molecular complexity index is 1430. The highest BCUT2D eigenvalue weighted by Crippen LogP contribution is 2.26. The van der Waals surface area contributed by atoms with Crippen molar-refractivity contribution in [2.24, 2.45) is 0 Å². The van der Waals surface area contributed by atoms with Crippen LogP contribution in [0.4, 0.5) is 0 Å². The van der Waals surface area contributed by atoms with Gasteiger partial charge in [0.05, 0.1) is 11.4 Å². The molecule has 0 aliphatic heterocycles. The lowest BCUT2D eigenvalue weighted by Gasteiger charge is -2.04. The Morgan fingerprint density at radius 2 is 0.806 bits per heavy atom. The molecule has 3 nitrogen and oxygen atoms in total. The van der Waals surface area contributed by atoms with Gasteiger partial charge in [-0.1, -0.05) is 109 Å². The van der Waals surface area contributed by atoms with E-state index in [1.54, 1.807) is 0 Å². The van der Waals surface area contributed by atoms with Gasteiger partial charge in [-0.2, -0.15) is 0 Å². The van der Waals surface area contributed by atoms with Gasteiger partial charge in [-0.15, -0.1) is 0 Å². The van der Waals surface area contributed by atoms with E-state index in [-0.39, 0.29) is 5.78 Å². The Balaban J connectivity index is 0.000000148. The number of hydrogen-bond acceptors (Lipinski definition) is 3. The first-order valence-electron chi connectivity index (χ1n) is 11.9. The molecule has 0 fully saturated rings. The van der Waals surface area contributed by atoms with Gasteiger partial charge in [-0.3, -0.25) is 9.97 Å². The van der Waals surface area contributed by atoms with E-state index in [1.807, 2.05) is 60.9 Å². The molecule has 3 heteroatoms. The maximum atomic E-state index is 9.44. The van der Waals surface area contributed by atoms with Crippen molar-refractivity contribution in [2.75, 3.05) is 0 Å².